The zero-order valence-electron chi connectivity index (χ0n) is 18.0. The molecule has 1 aliphatic carbocycles. The highest BCUT2D eigenvalue weighted by atomic mass is 16.5. The van der Waals surface area contributed by atoms with Gasteiger partial charge in [-0.2, -0.15) is 0 Å². The van der Waals surface area contributed by atoms with E-state index in [0.717, 1.165) is 43.9 Å². The number of methoxy groups -OCH3 is 1. The first-order valence-electron chi connectivity index (χ1n) is 10.5. The molecule has 0 heterocycles. The highest BCUT2D eigenvalue weighted by Gasteiger charge is 2.18. The lowest BCUT2D eigenvalue weighted by Crippen LogP contribution is -2.44. The lowest BCUT2D eigenvalue weighted by atomic mass is 9.87. The summed E-state index contributed by atoms with van der Waals surface area (Å²) in [6, 6.07) is 8.79. The Labute approximate surface area is 170 Å². The molecule has 1 aromatic carbocycles. The Morgan fingerprint density at radius 3 is 2.64 bits per heavy atom. The number of rotatable bonds is 10. The molecule has 1 aromatic rings. The molecule has 0 amide bonds. The molecule has 1 fully saturated rings. The highest BCUT2D eigenvalue weighted by Crippen LogP contribution is 2.23. The molecule has 6 nitrogen and oxygen atoms in total. The summed E-state index contributed by atoms with van der Waals surface area (Å²) in [5.41, 5.74) is 1.19. The predicted octanol–water partition coefficient (Wildman–Crippen LogP) is 2.89. The van der Waals surface area contributed by atoms with Crippen LogP contribution in [-0.2, 0) is 11.3 Å². The van der Waals surface area contributed by atoms with Gasteiger partial charge < -0.3 is 25.0 Å². The van der Waals surface area contributed by atoms with E-state index in [1.54, 1.807) is 7.11 Å². The average molecular weight is 391 g/mol. The van der Waals surface area contributed by atoms with Crippen LogP contribution < -0.4 is 15.4 Å². The van der Waals surface area contributed by atoms with Crippen molar-refractivity contribution in [3.05, 3.63) is 29.8 Å². The summed E-state index contributed by atoms with van der Waals surface area (Å²) in [6.45, 7) is 6.27. The summed E-state index contributed by atoms with van der Waals surface area (Å²) in [6.07, 6.45) is 5.05. The quantitative estimate of drug-likeness (QED) is 0.475. The summed E-state index contributed by atoms with van der Waals surface area (Å²) >= 11 is 0. The molecule has 1 saturated carbocycles. The number of ether oxygens (including phenoxy) is 2. The Morgan fingerprint density at radius 1 is 1.18 bits per heavy atom. The lowest BCUT2D eigenvalue weighted by molar-refractivity contribution is 0.150. The van der Waals surface area contributed by atoms with Crippen LogP contribution in [0.5, 0.6) is 5.75 Å². The fourth-order valence-corrected chi connectivity index (χ4v) is 3.40. The fourth-order valence-electron chi connectivity index (χ4n) is 3.40. The van der Waals surface area contributed by atoms with Crippen LogP contribution in [0.15, 0.2) is 29.3 Å². The fraction of sp³-hybridized carbons (Fsp3) is 0.682. The summed E-state index contributed by atoms with van der Waals surface area (Å²) in [5.74, 6) is 2.64. The van der Waals surface area contributed by atoms with E-state index >= 15 is 0 Å². The van der Waals surface area contributed by atoms with Gasteiger partial charge in [-0.15, -0.1) is 0 Å². The number of benzene rings is 1. The molecule has 0 bridgehead atoms. The summed E-state index contributed by atoms with van der Waals surface area (Å²) < 4.78 is 11.0. The second kappa shape index (κ2) is 12.6. The van der Waals surface area contributed by atoms with Crippen LogP contribution in [0.1, 0.15) is 38.2 Å². The van der Waals surface area contributed by atoms with Crippen LogP contribution in [0, 0.1) is 5.92 Å². The van der Waals surface area contributed by atoms with E-state index in [1.807, 2.05) is 19.2 Å². The van der Waals surface area contributed by atoms with Gasteiger partial charge in [0.2, 0.25) is 0 Å². The maximum atomic E-state index is 5.91. The average Bonchev–Trinajstić information content (AvgIpc) is 2.71. The van der Waals surface area contributed by atoms with Crippen molar-refractivity contribution in [2.75, 3.05) is 47.5 Å². The Hall–Kier alpha value is -1.79. The van der Waals surface area contributed by atoms with Crippen molar-refractivity contribution in [3.8, 4) is 5.75 Å². The zero-order chi connectivity index (χ0) is 20.2. The van der Waals surface area contributed by atoms with E-state index < -0.39 is 0 Å². The van der Waals surface area contributed by atoms with E-state index in [-0.39, 0.29) is 0 Å². The minimum absolute atomic E-state index is 0.534. The van der Waals surface area contributed by atoms with Gasteiger partial charge in [0.1, 0.15) is 12.4 Å². The number of hydrogen-bond acceptors (Lipinski definition) is 4. The minimum atomic E-state index is 0.534. The molecule has 0 unspecified atom stereocenters. The number of likely N-dealkylation sites (N-methyl/N-ethyl adjacent to an activating group) is 1. The second-order valence-electron chi connectivity index (χ2n) is 7.82. The van der Waals surface area contributed by atoms with Crippen molar-refractivity contribution >= 4 is 5.96 Å². The number of hydrogen-bond donors (Lipinski definition) is 2. The van der Waals surface area contributed by atoms with E-state index in [1.165, 1.54) is 31.2 Å². The van der Waals surface area contributed by atoms with Crippen LogP contribution in [0.3, 0.4) is 0 Å². The van der Waals surface area contributed by atoms with Crippen LogP contribution >= 0.6 is 0 Å². The van der Waals surface area contributed by atoms with E-state index in [2.05, 4.69) is 46.6 Å². The molecule has 158 valence electrons. The van der Waals surface area contributed by atoms with Crippen molar-refractivity contribution in [2.24, 2.45) is 10.9 Å². The van der Waals surface area contributed by atoms with Gasteiger partial charge in [-0.3, -0.25) is 4.99 Å². The van der Waals surface area contributed by atoms with Gasteiger partial charge >= 0.3 is 0 Å². The van der Waals surface area contributed by atoms with Crippen molar-refractivity contribution in [1.82, 2.24) is 15.5 Å². The lowest BCUT2D eigenvalue weighted by Gasteiger charge is -2.28. The molecule has 0 atom stereocenters. The summed E-state index contributed by atoms with van der Waals surface area (Å²) in [4.78, 5) is 6.58. The molecule has 2 N–H and O–H groups in total. The molecule has 6 heteroatoms. The Kier molecular flexibility index (Phi) is 10.1. The van der Waals surface area contributed by atoms with E-state index in [9.17, 15) is 0 Å². The van der Waals surface area contributed by atoms with Crippen molar-refractivity contribution < 1.29 is 9.47 Å². The van der Waals surface area contributed by atoms with Crippen LogP contribution in [0.25, 0.3) is 0 Å². The van der Waals surface area contributed by atoms with E-state index in [4.69, 9.17) is 9.47 Å². The Morgan fingerprint density at radius 2 is 1.93 bits per heavy atom. The molecular formula is C22H38N4O2. The molecule has 0 aromatic heterocycles. The third-order valence-corrected chi connectivity index (χ3v) is 5.36. The van der Waals surface area contributed by atoms with Crippen molar-refractivity contribution in [3.63, 3.8) is 0 Å². The third-order valence-electron chi connectivity index (χ3n) is 5.36. The smallest absolute Gasteiger partial charge is 0.191 e. The topological polar surface area (TPSA) is 58.1 Å². The van der Waals surface area contributed by atoms with Crippen LogP contribution in [-0.4, -0.2) is 64.4 Å². The first kappa shape index (κ1) is 22.5. The largest absolute Gasteiger partial charge is 0.492 e. The number of nitrogens with zero attached hydrogens (tertiary/aromatic N) is 2. The van der Waals surface area contributed by atoms with Gasteiger partial charge in [0.15, 0.2) is 5.96 Å². The standard InChI is InChI=1S/C22H38N4O2/c1-18-8-10-20(11-9-18)25-22(23-2)24-17-19-6-5-7-21(16-19)28-15-13-26(3)12-14-27-4/h5-7,16,18,20H,8-15,17H2,1-4H3,(H2,23,24,25). The summed E-state index contributed by atoms with van der Waals surface area (Å²) in [7, 11) is 5.64. The van der Waals surface area contributed by atoms with Gasteiger partial charge in [-0.1, -0.05) is 19.1 Å². The molecule has 2 rings (SSSR count). The number of nitrogens with one attached hydrogen (secondary N) is 2. The maximum Gasteiger partial charge on any atom is 0.191 e. The number of aliphatic imine (C=N–C) groups is 1. The van der Waals surface area contributed by atoms with Gasteiger partial charge in [-0.05, 0) is 56.3 Å². The van der Waals surface area contributed by atoms with Crippen molar-refractivity contribution in [1.29, 1.82) is 0 Å². The monoisotopic (exact) mass is 390 g/mol. The SMILES string of the molecule is CN=C(NCc1cccc(OCCN(C)CCOC)c1)NC1CCC(C)CC1. The molecule has 0 spiro atoms. The third kappa shape index (κ3) is 8.48. The Balaban J connectivity index is 1.73. The van der Waals surface area contributed by atoms with E-state index in [0.29, 0.717) is 12.6 Å². The predicted molar refractivity (Wildman–Crippen MR) is 116 cm³/mol. The van der Waals surface area contributed by atoms with Crippen molar-refractivity contribution in [2.45, 2.75) is 45.2 Å². The van der Waals surface area contributed by atoms with Gasteiger partial charge in [0.25, 0.3) is 0 Å². The first-order valence-corrected chi connectivity index (χ1v) is 10.5. The second-order valence-corrected chi connectivity index (χ2v) is 7.82. The highest BCUT2D eigenvalue weighted by molar-refractivity contribution is 5.79. The molecule has 0 aliphatic heterocycles. The van der Waals surface area contributed by atoms with Gasteiger partial charge in [-0.25, -0.2) is 0 Å². The zero-order valence-corrected chi connectivity index (χ0v) is 18.0. The van der Waals surface area contributed by atoms with Crippen LogP contribution in [0.4, 0.5) is 0 Å². The first-order chi connectivity index (χ1) is 13.6. The number of guanidine groups is 1. The molecule has 0 saturated heterocycles. The minimum Gasteiger partial charge on any atom is -0.492 e. The van der Waals surface area contributed by atoms with Crippen LogP contribution in [0.2, 0.25) is 0 Å². The van der Waals surface area contributed by atoms with Gasteiger partial charge in [0, 0.05) is 39.8 Å². The Bertz CT molecular complexity index is 586. The molecule has 1 aliphatic rings. The normalized spacial score (nSPS) is 20.2. The molecular weight excluding hydrogens is 352 g/mol. The molecule has 28 heavy (non-hydrogen) atoms. The maximum absolute atomic E-state index is 5.91. The van der Waals surface area contributed by atoms with Gasteiger partial charge in [0.05, 0.1) is 6.61 Å². The summed E-state index contributed by atoms with van der Waals surface area (Å²) in [5, 5.41) is 7.00. The molecule has 0 radical (unpaired) electrons.